The van der Waals surface area contributed by atoms with Crippen LogP contribution in [0, 0.1) is 11.3 Å². The molecule has 3 aromatic heterocycles. The van der Waals surface area contributed by atoms with Crippen LogP contribution in [0.1, 0.15) is 22.8 Å². The summed E-state index contributed by atoms with van der Waals surface area (Å²) in [6.07, 6.45) is 4.77. The Bertz CT molecular complexity index is 1130. The number of nitriles is 1. The summed E-state index contributed by atoms with van der Waals surface area (Å²) in [5.74, 6) is -0.663. The number of nitrogens with one attached hydrogen (secondary N) is 1. The fourth-order valence-electron chi connectivity index (χ4n) is 2.53. The highest BCUT2D eigenvalue weighted by Gasteiger charge is 2.25. The van der Waals surface area contributed by atoms with Crippen LogP contribution in [0.25, 0.3) is 17.2 Å². The number of aromatic nitrogens is 5. The lowest BCUT2D eigenvalue weighted by molar-refractivity contribution is 0.0523. The molecule has 0 amide bonds. The van der Waals surface area contributed by atoms with E-state index in [4.69, 9.17) is 10.5 Å². The number of hydrogen-bond acceptors (Lipinski definition) is 9. The van der Waals surface area contributed by atoms with Crippen LogP contribution in [0.5, 0.6) is 0 Å². The first kappa shape index (κ1) is 19.1. The summed E-state index contributed by atoms with van der Waals surface area (Å²) in [6, 6.07) is 5.12. The van der Waals surface area contributed by atoms with Crippen molar-refractivity contribution in [3.8, 4) is 23.3 Å². The van der Waals surface area contributed by atoms with E-state index in [1.807, 2.05) is 6.07 Å². The molecule has 0 saturated carbocycles. The van der Waals surface area contributed by atoms with Crippen LogP contribution in [-0.2, 0) is 4.74 Å². The lowest BCUT2D eigenvalue weighted by Crippen LogP contribution is -2.19. The molecule has 0 unspecified atom stereocenters. The summed E-state index contributed by atoms with van der Waals surface area (Å²) in [7, 11) is 0. The number of thioether (sulfide) groups is 1. The fraction of sp³-hybridized carbons (Fsp3) is 0.176. The normalized spacial score (nSPS) is 10.5. The molecule has 142 valence electrons. The van der Waals surface area contributed by atoms with Crippen molar-refractivity contribution in [3.05, 3.63) is 46.0 Å². The van der Waals surface area contributed by atoms with Gasteiger partial charge in [-0.15, -0.1) is 16.9 Å². The number of esters is 1. The second kappa shape index (κ2) is 7.93. The van der Waals surface area contributed by atoms with E-state index in [-0.39, 0.29) is 35.2 Å². The molecule has 0 aliphatic rings. The van der Waals surface area contributed by atoms with E-state index in [2.05, 4.69) is 20.1 Å². The Balaban J connectivity index is 2.25. The van der Waals surface area contributed by atoms with Crippen molar-refractivity contribution in [2.24, 2.45) is 0 Å². The Kier molecular flexibility index (Phi) is 5.42. The number of anilines is 1. The molecule has 10 nitrogen and oxygen atoms in total. The van der Waals surface area contributed by atoms with Gasteiger partial charge in [0.05, 0.1) is 12.3 Å². The highest BCUT2D eigenvalue weighted by Crippen LogP contribution is 2.28. The first-order valence-corrected chi connectivity index (χ1v) is 9.29. The Morgan fingerprint density at radius 2 is 2.14 bits per heavy atom. The van der Waals surface area contributed by atoms with Gasteiger partial charge in [-0.25, -0.2) is 9.78 Å². The standard InChI is InChI=1S/C17H15N7O3S/c1-3-27-16(26)11-13(19)23-24(15(11)28-2)17-21-12(9-4-6-20-7-5-9)10(8-18)14(25)22-17/h4-7H,3H2,1-2H3,(H2,19,23)(H,21,22,25). The first-order chi connectivity index (χ1) is 13.5. The van der Waals surface area contributed by atoms with Crippen LogP contribution in [0.4, 0.5) is 5.82 Å². The Hall–Kier alpha value is -3.65. The van der Waals surface area contributed by atoms with E-state index in [0.29, 0.717) is 10.6 Å². The number of nitrogens with two attached hydrogens (primary N) is 1. The van der Waals surface area contributed by atoms with Gasteiger partial charge in [0.2, 0.25) is 5.95 Å². The fourth-order valence-corrected chi connectivity index (χ4v) is 3.22. The zero-order chi connectivity index (χ0) is 20.3. The van der Waals surface area contributed by atoms with Gasteiger partial charge in [0.15, 0.2) is 5.82 Å². The van der Waals surface area contributed by atoms with Crippen molar-refractivity contribution in [1.29, 1.82) is 5.26 Å². The SMILES string of the molecule is CCOC(=O)c1c(N)nn(-c2nc(-c3ccncc3)c(C#N)c(=O)[nH]2)c1SC. The molecule has 3 aromatic rings. The van der Waals surface area contributed by atoms with Crippen molar-refractivity contribution < 1.29 is 9.53 Å². The number of pyridine rings is 1. The molecule has 0 spiro atoms. The molecule has 3 heterocycles. The molecule has 0 fully saturated rings. The Labute approximate surface area is 163 Å². The minimum absolute atomic E-state index is 0.0161. The maximum absolute atomic E-state index is 12.5. The van der Waals surface area contributed by atoms with Crippen LogP contribution < -0.4 is 11.3 Å². The van der Waals surface area contributed by atoms with Crippen molar-refractivity contribution in [2.75, 3.05) is 18.6 Å². The molecule has 0 aromatic carbocycles. The number of carbonyl (C=O) groups excluding carboxylic acids is 1. The minimum atomic E-state index is -0.641. The molecule has 28 heavy (non-hydrogen) atoms. The summed E-state index contributed by atoms with van der Waals surface area (Å²) >= 11 is 1.19. The van der Waals surface area contributed by atoms with Gasteiger partial charge in [0, 0.05) is 18.0 Å². The van der Waals surface area contributed by atoms with Gasteiger partial charge in [-0.2, -0.15) is 9.94 Å². The lowest BCUT2D eigenvalue weighted by Gasteiger charge is -2.09. The van der Waals surface area contributed by atoms with Gasteiger partial charge in [-0.3, -0.25) is 14.8 Å². The van der Waals surface area contributed by atoms with E-state index < -0.39 is 11.5 Å². The quantitative estimate of drug-likeness (QED) is 0.480. The second-order valence-electron chi connectivity index (χ2n) is 5.36. The van der Waals surface area contributed by atoms with E-state index in [1.54, 1.807) is 25.3 Å². The van der Waals surface area contributed by atoms with E-state index in [0.717, 1.165) is 0 Å². The molecule has 3 N–H and O–H groups in total. The second-order valence-corrected chi connectivity index (χ2v) is 6.16. The Morgan fingerprint density at radius 1 is 1.43 bits per heavy atom. The van der Waals surface area contributed by atoms with Gasteiger partial charge >= 0.3 is 5.97 Å². The molecular weight excluding hydrogens is 382 g/mol. The maximum atomic E-state index is 12.5. The van der Waals surface area contributed by atoms with E-state index in [9.17, 15) is 14.9 Å². The van der Waals surface area contributed by atoms with Gasteiger partial charge in [-0.1, -0.05) is 0 Å². The largest absolute Gasteiger partial charge is 0.462 e. The third-order valence-electron chi connectivity index (χ3n) is 3.72. The molecule has 11 heteroatoms. The summed E-state index contributed by atoms with van der Waals surface area (Å²) < 4.78 is 6.28. The molecule has 0 bridgehead atoms. The molecule has 0 aliphatic carbocycles. The molecule has 0 aliphatic heterocycles. The van der Waals surface area contributed by atoms with Crippen LogP contribution in [0.2, 0.25) is 0 Å². The molecule has 0 atom stereocenters. The average molecular weight is 397 g/mol. The summed E-state index contributed by atoms with van der Waals surface area (Å²) in [5.41, 5.74) is 5.91. The van der Waals surface area contributed by atoms with Gasteiger partial charge in [0.25, 0.3) is 5.56 Å². The van der Waals surface area contributed by atoms with Crippen molar-refractivity contribution in [1.82, 2.24) is 24.7 Å². The predicted octanol–water partition coefficient (Wildman–Crippen LogP) is 1.37. The van der Waals surface area contributed by atoms with Gasteiger partial charge < -0.3 is 10.5 Å². The number of nitrogens with zero attached hydrogens (tertiary/aromatic N) is 5. The van der Waals surface area contributed by atoms with Gasteiger partial charge in [0.1, 0.15) is 22.2 Å². The Morgan fingerprint density at radius 3 is 2.75 bits per heavy atom. The van der Waals surface area contributed by atoms with Crippen molar-refractivity contribution in [3.63, 3.8) is 0 Å². The minimum Gasteiger partial charge on any atom is -0.462 e. The zero-order valence-electron chi connectivity index (χ0n) is 15.0. The molecule has 0 saturated heterocycles. The van der Waals surface area contributed by atoms with Crippen LogP contribution in [-0.4, -0.2) is 43.6 Å². The molecule has 3 rings (SSSR count). The monoisotopic (exact) mass is 397 g/mol. The number of hydrogen-bond donors (Lipinski definition) is 2. The lowest BCUT2D eigenvalue weighted by atomic mass is 10.1. The summed E-state index contributed by atoms with van der Waals surface area (Å²) in [4.78, 5) is 35.5. The van der Waals surface area contributed by atoms with Gasteiger partial charge in [-0.05, 0) is 25.3 Å². The molecule has 0 radical (unpaired) electrons. The van der Waals surface area contributed by atoms with Crippen LogP contribution in [0.15, 0.2) is 34.3 Å². The highest BCUT2D eigenvalue weighted by molar-refractivity contribution is 7.98. The summed E-state index contributed by atoms with van der Waals surface area (Å²) in [5, 5.41) is 13.9. The number of carbonyl (C=O) groups is 1. The van der Waals surface area contributed by atoms with E-state index >= 15 is 0 Å². The predicted molar refractivity (Wildman–Crippen MR) is 102 cm³/mol. The summed E-state index contributed by atoms with van der Waals surface area (Å²) in [6.45, 7) is 1.85. The number of rotatable bonds is 5. The van der Waals surface area contributed by atoms with Crippen LogP contribution in [0.3, 0.4) is 0 Å². The maximum Gasteiger partial charge on any atom is 0.344 e. The van der Waals surface area contributed by atoms with Crippen molar-refractivity contribution >= 4 is 23.5 Å². The third kappa shape index (κ3) is 3.33. The topological polar surface area (TPSA) is 153 Å². The van der Waals surface area contributed by atoms with Crippen LogP contribution >= 0.6 is 11.8 Å². The van der Waals surface area contributed by atoms with Crippen molar-refractivity contribution in [2.45, 2.75) is 11.9 Å². The average Bonchev–Trinajstić information content (AvgIpc) is 3.04. The highest BCUT2D eigenvalue weighted by atomic mass is 32.2. The smallest absolute Gasteiger partial charge is 0.344 e. The number of nitrogen functional groups attached to an aromatic ring is 1. The number of ether oxygens (including phenoxy) is 1. The third-order valence-corrected chi connectivity index (χ3v) is 4.48. The number of aromatic amines is 1. The first-order valence-electron chi connectivity index (χ1n) is 8.06. The van der Waals surface area contributed by atoms with E-state index in [1.165, 1.54) is 28.8 Å². The zero-order valence-corrected chi connectivity index (χ0v) is 15.8. The number of H-pyrrole nitrogens is 1. The molecular formula is C17H15N7O3S.